The monoisotopic (exact) mass is 368 g/mol. The van der Waals surface area contributed by atoms with Gasteiger partial charge in [-0.25, -0.2) is 8.42 Å². The molecule has 1 aromatic carbocycles. The molecule has 6 nitrogen and oxygen atoms in total. The molecule has 2 rings (SSSR count). The van der Waals surface area contributed by atoms with E-state index in [9.17, 15) is 13.2 Å². The van der Waals surface area contributed by atoms with Crippen LogP contribution >= 0.6 is 0 Å². The molecule has 1 amide bonds. The van der Waals surface area contributed by atoms with Crippen LogP contribution in [0.2, 0.25) is 0 Å². The lowest BCUT2D eigenvalue weighted by Gasteiger charge is -2.34. The Balaban J connectivity index is 2.27. The van der Waals surface area contributed by atoms with Crippen molar-refractivity contribution in [3.63, 3.8) is 0 Å². The van der Waals surface area contributed by atoms with Crippen LogP contribution in [-0.2, 0) is 14.8 Å². The molecule has 1 aliphatic rings. The lowest BCUT2D eigenvalue weighted by molar-refractivity contribution is -0.0440. The summed E-state index contributed by atoms with van der Waals surface area (Å²) >= 11 is 0. The van der Waals surface area contributed by atoms with Gasteiger partial charge in [0.1, 0.15) is 0 Å². The average Bonchev–Trinajstić information content (AvgIpc) is 2.53. The van der Waals surface area contributed by atoms with Crippen LogP contribution in [0.4, 0.5) is 0 Å². The maximum absolute atomic E-state index is 12.9. The number of morpholine rings is 1. The van der Waals surface area contributed by atoms with Crippen LogP contribution in [0.25, 0.3) is 0 Å². The van der Waals surface area contributed by atoms with Gasteiger partial charge in [-0.2, -0.15) is 4.31 Å². The molecule has 1 aliphatic heterocycles. The first-order valence-corrected chi connectivity index (χ1v) is 10.1. The van der Waals surface area contributed by atoms with Crippen LogP contribution in [0.3, 0.4) is 0 Å². The third-order valence-electron chi connectivity index (χ3n) is 4.46. The van der Waals surface area contributed by atoms with E-state index < -0.39 is 10.0 Å². The Bertz CT molecular complexity index is 720. The first kappa shape index (κ1) is 19.9. The van der Waals surface area contributed by atoms with Crippen molar-refractivity contribution in [2.75, 3.05) is 13.1 Å². The molecule has 140 valence electrons. The van der Waals surface area contributed by atoms with Crippen LogP contribution < -0.4 is 5.32 Å². The standard InChI is InChI=1S/C18H28N2O4S/c1-6-18(4,5)19-17(21)15-8-7-9-16(10-15)25(22,23)20-11-13(2)24-14(3)12-20/h7-10,13-14H,6,11-12H2,1-5H3,(H,19,21). The van der Waals surface area contributed by atoms with Gasteiger partial charge in [0.25, 0.3) is 5.91 Å². The van der Waals surface area contributed by atoms with E-state index in [2.05, 4.69) is 5.32 Å². The molecule has 2 unspecified atom stereocenters. The van der Waals surface area contributed by atoms with Crippen molar-refractivity contribution in [2.45, 2.75) is 63.7 Å². The number of sulfonamides is 1. The fourth-order valence-corrected chi connectivity index (χ4v) is 4.38. The zero-order valence-electron chi connectivity index (χ0n) is 15.6. The van der Waals surface area contributed by atoms with Gasteiger partial charge in [-0.15, -0.1) is 0 Å². The first-order chi connectivity index (χ1) is 11.5. The van der Waals surface area contributed by atoms with Gasteiger partial charge < -0.3 is 10.1 Å². The van der Waals surface area contributed by atoms with Gasteiger partial charge in [-0.05, 0) is 52.3 Å². The third-order valence-corrected chi connectivity index (χ3v) is 6.28. The van der Waals surface area contributed by atoms with E-state index in [1.165, 1.54) is 16.4 Å². The van der Waals surface area contributed by atoms with Crippen molar-refractivity contribution in [1.82, 2.24) is 9.62 Å². The molecule has 2 atom stereocenters. The number of hydrogen-bond acceptors (Lipinski definition) is 4. The number of carbonyl (C=O) groups is 1. The summed E-state index contributed by atoms with van der Waals surface area (Å²) in [6.45, 7) is 10.2. The number of amides is 1. The molecule has 7 heteroatoms. The number of nitrogens with zero attached hydrogens (tertiary/aromatic N) is 1. The summed E-state index contributed by atoms with van der Waals surface area (Å²) < 4.78 is 32.9. The number of hydrogen-bond donors (Lipinski definition) is 1. The molecular formula is C18H28N2O4S. The third kappa shape index (κ3) is 4.80. The lowest BCUT2D eigenvalue weighted by Crippen LogP contribution is -2.48. The molecular weight excluding hydrogens is 340 g/mol. The van der Waals surface area contributed by atoms with E-state index in [4.69, 9.17) is 4.74 Å². The summed E-state index contributed by atoms with van der Waals surface area (Å²) in [7, 11) is -3.66. The SMILES string of the molecule is CCC(C)(C)NC(=O)c1cccc(S(=O)(=O)N2CC(C)OC(C)C2)c1. The van der Waals surface area contributed by atoms with Crippen molar-refractivity contribution >= 4 is 15.9 Å². The molecule has 1 saturated heterocycles. The molecule has 1 aromatic rings. The highest BCUT2D eigenvalue weighted by molar-refractivity contribution is 7.89. The quantitative estimate of drug-likeness (QED) is 0.866. The number of nitrogens with one attached hydrogen (secondary N) is 1. The highest BCUT2D eigenvalue weighted by atomic mass is 32.2. The summed E-state index contributed by atoms with van der Waals surface area (Å²) in [5.74, 6) is -0.271. The molecule has 0 spiro atoms. The Morgan fingerprint density at radius 1 is 1.28 bits per heavy atom. The predicted octanol–water partition coefficient (Wildman–Crippen LogP) is 2.40. The Hall–Kier alpha value is -1.44. The maximum atomic E-state index is 12.9. The minimum atomic E-state index is -3.66. The largest absolute Gasteiger partial charge is 0.373 e. The molecule has 1 heterocycles. The summed E-state index contributed by atoms with van der Waals surface area (Å²) in [5.41, 5.74) is -0.00179. The van der Waals surface area contributed by atoms with Gasteiger partial charge in [-0.3, -0.25) is 4.79 Å². The smallest absolute Gasteiger partial charge is 0.251 e. The zero-order valence-corrected chi connectivity index (χ0v) is 16.4. The fraction of sp³-hybridized carbons (Fsp3) is 0.611. The summed E-state index contributed by atoms with van der Waals surface area (Å²) in [4.78, 5) is 12.6. The second-order valence-electron chi connectivity index (χ2n) is 7.30. The van der Waals surface area contributed by atoms with Crippen LogP contribution in [0.1, 0.15) is 51.4 Å². The molecule has 1 N–H and O–H groups in total. The van der Waals surface area contributed by atoms with E-state index >= 15 is 0 Å². The predicted molar refractivity (Wildman–Crippen MR) is 97.0 cm³/mol. The van der Waals surface area contributed by atoms with Crippen molar-refractivity contribution in [1.29, 1.82) is 0 Å². The summed E-state index contributed by atoms with van der Waals surface area (Å²) in [5, 5.41) is 2.93. The highest BCUT2D eigenvalue weighted by Gasteiger charge is 2.32. The van der Waals surface area contributed by atoms with Crippen molar-refractivity contribution in [3.05, 3.63) is 29.8 Å². The second-order valence-corrected chi connectivity index (χ2v) is 9.24. The lowest BCUT2D eigenvalue weighted by atomic mass is 10.0. The first-order valence-electron chi connectivity index (χ1n) is 8.63. The van der Waals surface area contributed by atoms with Gasteiger partial charge in [0.05, 0.1) is 17.1 Å². The van der Waals surface area contributed by atoms with Crippen molar-refractivity contribution in [3.8, 4) is 0 Å². The van der Waals surface area contributed by atoms with Gasteiger partial charge in [0.2, 0.25) is 10.0 Å². The van der Waals surface area contributed by atoms with Crippen LogP contribution in [0, 0.1) is 0 Å². The van der Waals surface area contributed by atoms with E-state index in [1.807, 2.05) is 34.6 Å². The Morgan fingerprint density at radius 2 is 1.88 bits per heavy atom. The molecule has 0 saturated carbocycles. The molecule has 0 aliphatic carbocycles. The normalized spacial score (nSPS) is 22.6. The van der Waals surface area contributed by atoms with Gasteiger partial charge >= 0.3 is 0 Å². The summed E-state index contributed by atoms with van der Waals surface area (Å²) in [6, 6.07) is 6.21. The van der Waals surface area contributed by atoms with Gasteiger partial charge in [0.15, 0.2) is 0 Å². The van der Waals surface area contributed by atoms with E-state index in [0.29, 0.717) is 18.7 Å². The van der Waals surface area contributed by atoms with E-state index in [1.54, 1.807) is 12.1 Å². The Morgan fingerprint density at radius 3 is 2.44 bits per heavy atom. The molecule has 1 fully saturated rings. The molecule has 0 bridgehead atoms. The number of benzene rings is 1. The number of carbonyl (C=O) groups excluding carboxylic acids is 1. The van der Waals surface area contributed by atoms with Gasteiger partial charge in [-0.1, -0.05) is 13.0 Å². The van der Waals surface area contributed by atoms with E-state index in [0.717, 1.165) is 6.42 Å². The zero-order chi connectivity index (χ0) is 18.8. The topological polar surface area (TPSA) is 75.7 Å². The molecule has 0 aromatic heterocycles. The number of rotatable bonds is 5. The number of ether oxygens (including phenoxy) is 1. The van der Waals surface area contributed by atoms with Crippen LogP contribution in [-0.4, -0.2) is 49.5 Å². The van der Waals surface area contributed by atoms with Crippen LogP contribution in [0.5, 0.6) is 0 Å². The summed E-state index contributed by atoms with van der Waals surface area (Å²) in [6.07, 6.45) is 0.464. The molecule has 0 radical (unpaired) electrons. The van der Waals surface area contributed by atoms with Crippen LogP contribution in [0.15, 0.2) is 29.2 Å². The van der Waals surface area contributed by atoms with Gasteiger partial charge in [0, 0.05) is 24.2 Å². The van der Waals surface area contributed by atoms with Crippen molar-refractivity contribution < 1.29 is 17.9 Å². The maximum Gasteiger partial charge on any atom is 0.251 e. The van der Waals surface area contributed by atoms with E-state index in [-0.39, 0.29) is 28.5 Å². The average molecular weight is 368 g/mol. The Labute approximate surface area is 150 Å². The second kappa shape index (κ2) is 7.43. The minimum Gasteiger partial charge on any atom is -0.373 e. The Kier molecular flexibility index (Phi) is 5.91. The highest BCUT2D eigenvalue weighted by Crippen LogP contribution is 2.22. The molecule has 25 heavy (non-hydrogen) atoms. The fourth-order valence-electron chi connectivity index (χ4n) is 2.74. The minimum absolute atomic E-state index is 0.135. The van der Waals surface area contributed by atoms with Crippen molar-refractivity contribution in [2.24, 2.45) is 0 Å².